The monoisotopic (exact) mass is 402 g/mol. The van der Waals surface area contributed by atoms with E-state index in [0.29, 0.717) is 11.8 Å². The summed E-state index contributed by atoms with van der Waals surface area (Å²) in [6.45, 7) is 8.54. The van der Waals surface area contributed by atoms with Gasteiger partial charge in [0.05, 0.1) is 13.2 Å². The van der Waals surface area contributed by atoms with Gasteiger partial charge in [0.1, 0.15) is 0 Å². The topological polar surface area (TPSA) is 18.5 Å². The first-order chi connectivity index (χ1) is 14.3. The fourth-order valence-electron chi connectivity index (χ4n) is 4.57. The Bertz CT molecular complexity index is 496. The molecule has 2 nitrogen and oxygen atoms in total. The molecule has 0 aliphatic carbocycles. The molecule has 1 aromatic rings. The lowest BCUT2D eigenvalue weighted by Gasteiger charge is -2.30. The molecule has 1 saturated heterocycles. The lowest BCUT2D eigenvalue weighted by Crippen LogP contribution is -2.27. The van der Waals surface area contributed by atoms with E-state index in [1.54, 1.807) is 0 Å². The lowest BCUT2D eigenvalue weighted by atomic mass is 9.90. The molecule has 0 atom stereocenters. The Balaban J connectivity index is 1.64. The summed E-state index contributed by atoms with van der Waals surface area (Å²) >= 11 is 0. The molecular formula is C27H46O2. The van der Waals surface area contributed by atoms with Crippen molar-refractivity contribution in [3.63, 3.8) is 0 Å². The minimum Gasteiger partial charge on any atom is -0.348 e. The van der Waals surface area contributed by atoms with E-state index in [9.17, 15) is 0 Å². The summed E-state index contributed by atoms with van der Waals surface area (Å²) in [7, 11) is 0. The fourth-order valence-corrected chi connectivity index (χ4v) is 4.57. The van der Waals surface area contributed by atoms with Crippen LogP contribution in [-0.4, -0.2) is 13.2 Å². The van der Waals surface area contributed by atoms with Gasteiger partial charge in [0, 0.05) is 11.5 Å². The second-order valence-electron chi connectivity index (χ2n) is 9.07. The molecule has 1 aliphatic rings. The third-order valence-electron chi connectivity index (χ3n) is 6.39. The van der Waals surface area contributed by atoms with Gasteiger partial charge in [-0.2, -0.15) is 0 Å². The number of rotatable bonds is 15. The summed E-state index contributed by atoms with van der Waals surface area (Å²) in [5.74, 6) is 1.27. The minimum absolute atomic E-state index is 0.172. The average Bonchev–Trinajstić information content (AvgIpc) is 2.76. The van der Waals surface area contributed by atoms with Crippen molar-refractivity contribution >= 4 is 0 Å². The normalized spacial score (nSPS) is 19.7. The van der Waals surface area contributed by atoms with Gasteiger partial charge in [-0.3, -0.25) is 0 Å². The summed E-state index contributed by atoms with van der Waals surface area (Å²) < 4.78 is 12.1. The lowest BCUT2D eigenvalue weighted by molar-refractivity contribution is -0.206. The SMILES string of the molecule is CCCCCCCCCCC1COC(c2ccc(C(CCC)CCC)cc2)OC1. The standard InChI is InChI=1S/C27H46O2/c1-4-7-8-9-10-11-12-13-16-23-21-28-27(29-22-23)26-19-17-25(18-20-26)24(14-5-2)15-6-3/h17-20,23-24,27H,4-16,21-22H2,1-3H3. The molecule has 1 aliphatic heterocycles. The highest BCUT2D eigenvalue weighted by Crippen LogP contribution is 2.31. The predicted octanol–water partition coefficient (Wildman–Crippen LogP) is 8.56. The van der Waals surface area contributed by atoms with Crippen molar-refractivity contribution in [1.82, 2.24) is 0 Å². The summed E-state index contributed by atoms with van der Waals surface area (Å²) in [6, 6.07) is 9.03. The molecule has 0 radical (unpaired) electrons. The van der Waals surface area contributed by atoms with Crippen molar-refractivity contribution in [3.05, 3.63) is 35.4 Å². The maximum absolute atomic E-state index is 6.07. The molecule has 1 fully saturated rings. The van der Waals surface area contributed by atoms with E-state index in [1.807, 2.05) is 0 Å². The van der Waals surface area contributed by atoms with Crippen LogP contribution in [0.5, 0.6) is 0 Å². The minimum atomic E-state index is -0.172. The van der Waals surface area contributed by atoms with Crippen molar-refractivity contribution < 1.29 is 9.47 Å². The third-order valence-corrected chi connectivity index (χ3v) is 6.39. The van der Waals surface area contributed by atoms with Crippen molar-refractivity contribution in [2.45, 2.75) is 116 Å². The molecule has 0 amide bonds. The van der Waals surface area contributed by atoms with Gasteiger partial charge in [-0.1, -0.05) is 109 Å². The molecule has 0 bridgehead atoms. The van der Waals surface area contributed by atoms with Crippen LogP contribution in [0, 0.1) is 5.92 Å². The Morgan fingerprint density at radius 3 is 1.83 bits per heavy atom. The van der Waals surface area contributed by atoms with Gasteiger partial charge in [-0.25, -0.2) is 0 Å². The van der Waals surface area contributed by atoms with E-state index in [-0.39, 0.29) is 6.29 Å². The Morgan fingerprint density at radius 1 is 0.724 bits per heavy atom. The van der Waals surface area contributed by atoms with E-state index in [0.717, 1.165) is 13.2 Å². The van der Waals surface area contributed by atoms with Gasteiger partial charge in [-0.05, 0) is 30.7 Å². The molecule has 0 unspecified atom stereocenters. The van der Waals surface area contributed by atoms with Gasteiger partial charge < -0.3 is 9.47 Å². The highest BCUT2D eigenvalue weighted by atomic mass is 16.7. The molecule has 29 heavy (non-hydrogen) atoms. The molecular weight excluding hydrogens is 356 g/mol. The number of unbranched alkanes of at least 4 members (excludes halogenated alkanes) is 7. The summed E-state index contributed by atoms with van der Waals surface area (Å²) in [4.78, 5) is 0. The summed E-state index contributed by atoms with van der Waals surface area (Å²) in [5.41, 5.74) is 2.65. The van der Waals surface area contributed by atoms with Gasteiger partial charge in [0.15, 0.2) is 6.29 Å². The van der Waals surface area contributed by atoms with Gasteiger partial charge in [0.25, 0.3) is 0 Å². The zero-order valence-corrected chi connectivity index (χ0v) is 19.5. The van der Waals surface area contributed by atoms with Crippen LogP contribution in [0.2, 0.25) is 0 Å². The van der Waals surface area contributed by atoms with Crippen LogP contribution < -0.4 is 0 Å². The summed E-state index contributed by atoms with van der Waals surface area (Å²) in [5, 5.41) is 0. The van der Waals surface area contributed by atoms with Crippen molar-refractivity contribution in [2.75, 3.05) is 13.2 Å². The number of ether oxygens (including phenoxy) is 2. The third kappa shape index (κ3) is 9.22. The second-order valence-corrected chi connectivity index (χ2v) is 9.07. The van der Waals surface area contributed by atoms with E-state index < -0.39 is 0 Å². The van der Waals surface area contributed by atoms with Crippen LogP contribution in [0.3, 0.4) is 0 Å². The van der Waals surface area contributed by atoms with Crippen molar-refractivity contribution in [3.8, 4) is 0 Å². The van der Waals surface area contributed by atoms with Gasteiger partial charge in [-0.15, -0.1) is 0 Å². The van der Waals surface area contributed by atoms with Crippen LogP contribution in [0.15, 0.2) is 24.3 Å². The van der Waals surface area contributed by atoms with Crippen LogP contribution >= 0.6 is 0 Å². The molecule has 2 rings (SSSR count). The Hall–Kier alpha value is -0.860. The van der Waals surface area contributed by atoms with Crippen molar-refractivity contribution in [1.29, 1.82) is 0 Å². The van der Waals surface area contributed by atoms with Gasteiger partial charge in [0.2, 0.25) is 0 Å². The molecule has 0 spiro atoms. The molecule has 0 aromatic heterocycles. The summed E-state index contributed by atoms with van der Waals surface area (Å²) in [6.07, 6.45) is 17.2. The van der Waals surface area contributed by atoms with Gasteiger partial charge >= 0.3 is 0 Å². The molecule has 2 heteroatoms. The van der Waals surface area contributed by atoms with Crippen LogP contribution in [-0.2, 0) is 9.47 Å². The highest BCUT2D eigenvalue weighted by Gasteiger charge is 2.23. The number of benzene rings is 1. The van der Waals surface area contributed by atoms with Crippen LogP contribution in [0.25, 0.3) is 0 Å². The largest absolute Gasteiger partial charge is 0.348 e. The molecule has 1 aromatic carbocycles. The first-order valence-electron chi connectivity index (χ1n) is 12.6. The Kier molecular flexibility index (Phi) is 12.6. The Labute approximate surface area is 180 Å². The predicted molar refractivity (Wildman–Crippen MR) is 124 cm³/mol. The maximum Gasteiger partial charge on any atom is 0.183 e. The Morgan fingerprint density at radius 2 is 1.28 bits per heavy atom. The maximum atomic E-state index is 6.07. The van der Waals surface area contributed by atoms with Crippen LogP contribution in [0.1, 0.15) is 128 Å². The fraction of sp³-hybridized carbons (Fsp3) is 0.778. The molecule has 0 N–H and O–H groups in total. The number of hydrogen-bond acceptors (Lipinski definition) is 2. The molecule has 0 saturated carbocycles. The van der Waals surface area contributed by atoms with E-state index in [2.05, 4.69) is 45.0 Å². The van der Waals surface area contributed by atoms with Crippen LogP contribution in [0.4, 0.5) is 0 Å². The smallest absolute Gasteiger partial charge is 0.183 e. The van der Waals surface area contributed by atoms with E-state index >= 15 is 0 Å². The van der Waals surface area contributed by atoms with E-state index in [1.165, 1.54) is 94.6 Å². The second kappa shape index (κ2) is 15.0. The van der Waals surface area contributed by atoms with Crippen molar-refractivity contribution in [2.24, 2.45) is 5.92 Å². The highest BCUT2D eigenvalue weighted by molar-refractivity contribution is 5.26. The first kappa shape index (κ1) is 24.4. The number of hydrogen-bond donors (Lipinski definition) is 0. The average molecular weight is 403 g/mol. The van der Waals surface area contributed by atoms with E-state index in [4.69, 9.17) is 9.47 Å². The quantitative estimate of drug-likeness (QED) is 0.273. The molecule has 1 heterocycles. The zero-order chi connectivity index (χ0) is 20.7. The first-order valence-corrected chi connectivity index (χ1v) is 12.6. The molecule has 166 valence electrons. The zero-order valence-electron chi connectivity index (χ0n) is 19.5.